The van der Waals surface area contributed by atoms with E-state index < -0.39 is 0 Å². The van der Waals surface area contributed by atoms with E-state index in [4.69, 9.17) is 0 Å². The van der Waals surface area contributed by atoms with Gasteiger partial charge in [-0.3, -0.25) is 0 Å². The zero-order valence-electron chi connectivity index (χ0n) is 10.3. The third-order valence-electron chi connectivity index (χ3n) is 5.38. The van der Waals surface area contributed by atoms with E-state index in [1.165, 1.54) is 25.7 Å². The third-order valence-corrected chi connectivity index (χ3v) is 5.38. The fourth-order valence-electron chi connectivity index (χ4n) is 4.09. The first-order chi connectivity index (χ1) is 6.59. The minimum Gasteiger partial charge on any atom is -0.0625 e. The summed E-state index contributed by atoms with van der Waals surface area (Å²) in [4.78, 5) is 0. The minimum absolute atomic E-state index is 0.963. The van der Waals surface area contributed by atoms with Gasteiger partial charge in [-0.25, -0.2) is 0 Å². The Labute approximate surface area is 89.5 Å². The monoisotopic (exact) mass is 194 g/mol. The molecule has 2 aliphatic rings. The van der Waals surface area contributed by atoms with E-state index in [2.05, 4.69) is 27.7 Å². The zero-order valence-corrected chi connectivity index (χ0v) is 10.3. The molecular weight excluding hydrogens is 168 g/mol. The average Bonchev–Trinajstić information content (AvgIpc) is 2.14. The predicted molar refractivity (Wildman–Crippen MR) is 62.1 cm³/mol. The van der Waals surface area contributed by atoms with Crippen LogP contribution in [0.3, 0.4) is 0 Å². The second-order valence-corrected chi connectivity index (χ2v) is 6.27. The second-order valence-electron chi connectivity index (χ2n) is 6.27. The SMILES string of the molecule is CC1CCC2C(C1)CC(C)C(C)C2C. The molecule has 0 heteroatoms. The van der Waals surface area contributed by atoms with Crippen LogP contribution in [0.5, 0.6) is 0 Å². The van der Waals surface area contributed by atoms with Crippen LogP contribution in [0, 0.1) is 35.5 Å². The maximum absolute atomic E-state index is 2.51. The summed E-state index contributed by atoms with van der Waals surface area (Å²) in [5.41, 5.74) is 0. The molecule has 2 saturated carbocycles. The Morgan fingerprint density at radius 2 is 1.50 bits per heavy atom. The fourth-order valence-corrected chi connectivity index (χ4v) is 4.09. The normalized spacial score (nSPS) is 54.0. The summed E-state index contributed by atoms with van der Waals surface area (Å²) in [7, 11) is 0. The van der Waals surface area contributed by atoms with Crippen molar-refractivity contribution in [3.8, 4) is 0 Å². The van der Waals surface area contributed by atoms with Crippen LogP contribution in [-0.4, -0.2) is 0 Å². The van der Waals surface area contributed by atoms with Crippen molar-refractivity contribution in [1.82, 2.24) is 0 Å². The summed E-state index contributed by atoms with van der Waals surface area (Å²) in [6.07, 6.45) is 6.04. The summed E-state index contributed by atoms with van der Waals surface area (Å²) in [5, 5.41) is 0. The van der Waals surface area contributed by atoms with E-state index in [1.54, 1.807) is 0 Å². The maximum atomic E-state index is 2.51. The van der Waals surface area contributed by atoms with E-state index in [9.17, 15) is 0 Å². The molecule has 6 atom stereocenters. The molecule has 0 heterocycles. The van der Waals surface area contributed by atoms with Crippen LogP contribution in [0.1, 0.15) is 53.4 Å². The van der Waals surface area contributed by atoms with E-state index in [-0.39, 0.29) is 0 Å². The molecule has 0 bridgehead atoms. The second kappa shape index (κ2) is 3.87. The van der Waals surface area contributed by atoms with Gasteiger partial charge in [-0.15, -0.1) is 0 Å². The maximum Gasteiger partial charge on any atom is -0.0357 e. The molecule has 2 fully saturated rings. The standard InChI is InChI=1S/C14H26/c1-9-5-6-14-12(4)11(3)10(2)8-13(14)7-9/h9-14H,5-8H2,1-4H3. The topological polar surface area (TPSA) is 0 Å². The van der Waals surface area contributed by atoms with Gasteiger partial charge in [0.1, 0.15) is 0 Å². The first-order valence-electron chi connectivity index (χ1n) is 6.59. The number of rotatable bonds is 0. The van der Waals surface area contributed by atoms with Crippen molar-refractivity contribution in [2.45, 2.75) is 53.4 Å². The Hall–Kier alpha value is 0. The summed E-state index contributed by atoms with van der Waals surface area (Å²) < 4.78 is 0. The van der Waals surface area contributed by atoms with Crippen LogP contribution in [0.2, 0.25) is 0 Å². The molecule has 0 N–H and O–H groups in total. The lowest BCUT2D eigenvalue weighted by Gasteiger charge is -2.48. The van der Waals surface area contributed by atoms with Gasteiger partial charge in [-0.2, -0.15) is 0 Å². The van der Waals surface area contributed by atoms with E-state index in [0.29, 0.717) is 0 Å². The quantitative estimate of drug-likeness (QED) is 0.538. The number of hydrogen-bond donors (Lipinski definition) is 0. The van der Waals surface area contributed by atoms with Gasteiger partial charge in [0.05, 0.1) is 0 Å². The summed E-state index contributed by atoms with van der Waals surface area (Å²) >= 11 is 0. The van der Waals surface area contributed by atoms with E-state index >= 15 is 0 Å². The molecule has 0 amide bonds. The molecule has 2 rings (SSSR count). The van der Waals surface area contributed by atoms with Crippen LogP contribution >= 0.6 is 0 Å². The summed E-state index contributed by atoms with van der Waals surface area (Å²) in [6, 6.07) is 0. The Balaban J connectivity index is 2.07. The van der Waals surface area contributed by atoms with Gasteiger partial charge in [0.25, 0.3) is 0 Å². The molecule has 14 heavy (non-hydrogen) atoms. The van der Waals surface area contributed by atoms with Crippen molar-refractivity contribution < 1.29 is 0 Å². The molecular formula is C14H26. The largest absolute Gasteiger partial charge is 0.0625 e. The number of fused-ring (bicyclic) bond motifs is 1. The Kier molecular flexibility index (Phi) is 2.91. The van der Waals surface area contributed by atoms with Crippen LogP contribution in [-0.2, 0) is 0 Å². The van der Waals surface area contributed by atoms with Gasteiger partial charge in [0.2, 0.25) is 0 Å². The van der Waals surface area contributed by atoms with Crippen LogP contribution in [0.15, 0.2) is 0 Å². The van der Waals surface area contributed by atoms with Gasteiger partial charge >= 0.3 is 0 Å². The number of hydrogen-bond acceptors (Lipinski definition) is 0. The highest BCUT2D eigenvalue weighted by Gasteiger charge is 2.40. The van der Waals surface area contributed by atoms with E-state index in [1.807, 2.05) is 0 Å². The highest BCUT2D eigenvalue weighted by molar-refractivity contribution is 4.90. The van der Waals surface area contributed by atoms with E-state index in [0.717, 1.165) is 35.5 Å². The molecule has 0 aliphatic heterocycles. The third kappa shape index (κ3) is 1.73. The fraction of sp³-hybridized carbons (Fsp3) is 1.00. The lowest BCUT2D eigenvalue weighted by molar-refractivity contribution is 0.0202. The van der Waals surface area contributed by atoms with Crippen molar-refractivity contribution in [1.29, 1.82) is 0 Å². The molecule has 82 valence electrons. The predicted octanol–water partition coefficient (Wildman–Crippen LogP) is 4.35. The first-order valence-corrected chi connectivity index (χ1v) is 6.59. The highest BCUT2D eigenvalue weighted by atomic mass is 14.5. The van der Waals surface area contributed by atoms with Gasteiger partial charge in [0, 0.05) is 0 Å². The lowest BCUT2D eigenvalue weighted by Crippen LogP contribution is -2.39. The molecule has 0 aromatic carbocycles. The molecule has 0 spiro atoms. The van der Waals surface area contributed by atoms with Crippen molar-refractivity contribution in [3.05, 3.63) is 0 Å². The van der Waals surface area contributed by atoms with Gasteiger partial charge < -0.3 is 0 Å². The molecule has 0 nitrogen and oxygen atoms in total. The zero-order chi connectivity index (χ0) is 10.3. The van der Waals surface area contributed by atoms with Gasteiger partial charge in [-0.1, -0.05) is 34.1 Å². The molecule has 0 saturated heterocycles. The summed E-state index contributed by atoms with van der Waals surface area (Å²) in [5.74, 6) is 6.05. The molecule has 0 aromatic rings. The minimum atomic E-state index is 0.963. The van der Waals surface area contributed by atoms with Crippen molar-refractivity contribution >= 4 is 0 Å². The van der Waals surface area contributed by atoms with Crippen molar-refractivity contribution in [2.24, 2.45) is 35.5 Å². The first kappa shape index (κ1) is 10.5. The van der Waals surface area contributed by atoms with Gasteiger partial charge in [0.15, 0.2) is 0 Å². The van der Waals surface area contributed by atoms with Crippen LogP contribution in [0.4, 0.5) is 0 Å². The molecule has 6 unspecified atom stereocenters. The Morgan fingerprint density at radius 3 is 2.21 bits per heavy atom. The highest BCUT2D eigenvalue weighted by Crippen LogP contribution is 2.49. The van der Waals surface area contributed by atoms with Crippen molar-refractivity contribution in [2.75, 3.05) is 0 Å². The Bertz CT molecular complexity index is 196. The van der Waals surface area contributed by atoms with Crippen LogP contribution < -0.4 is 0 Å². The lowest BCUT2D eigenvalue weighted by atomic mass is 9.58. The van der Waals surface area contributed by atoms with Gasteiger partial charge in [-0.05, 0) is 54.8 Å². The summed E-state index contributed by atoms with van der Waals surface area (Å²) in [6.45, 7) is 9.90. The Morgan fingerprint density at radius 1 is 0.786 bits per heavy atom. The molecule has 2 aliphatic carbocycles. The van der Waals surface area contributed by atoms with Crippen molar-refractivity contribution in [3.63, 3.8) is 0 Å². The smallest absolute Gasteiger partial charge is 0.0357 e. The molecule has 0 radical (unpaired) electrons. The van der Waals surface area contributed by atoms with Crippen LogP contribution in [0.25, 0.3) is 0 Å². The average molecular weight is 194 g/mol. The molecule has 0 aromatic heterocycles.